The number of likely N-dealkylation sites (tertiary alicyclic amines) is 1. The lowest BCUT2D eigenvalue weighted by atomic mass is 10.1. The van der Waals surface area contributed by atoms with Crippen molar-refractivity contribution < 1.29 is 9.90 Å². The van der Waals surface area contributed by atoms with Gasteiger partial charge in [0.05, 0.1) is 6.54 Å². The van der Waals surface area contributed by atoms with Gasteiger partial charge in [-0.2, -0.15) is 0 Å². The lowest BCUT2D eigenvalue weighted by Gasteiger charge is -2.14. The van der Waals surface area contributed by atoms with Crippen molar-refractivity contribution >= 4 is 22.4 Å². The van der Waals surface area contributed by atoms with Gasteiger partial charge in [-0.15, -0.1) is 11.3 Å². The fourth-order valence-corrected chi connectivity index (χ4v) is 2.40. The Morgan fingerprint density at radius 2 is 2.62 bits per heavy atom. The van der Waals surface area contributed by atoms with Crippen LogP contribution in [0.15, 0.2) is 11.6 Å². The number of hydrogen-bond acceptors (Lipinski definition) is 5. The Labute approximate surface area is 98.1 Å². The van der Waals surface area contributed by atoms with Crippen LogP contribution in [0.2, 0.25) is 0 Å². The topological polar surface area (TPSA) is 65.5 Å². The van der Waals surface area contributed by atoms with Crippen LogP contribution in [0.5, 0.6) is 0 Å². The van der Waals surface area contributed by atoms with E-state index in [2.05, 4.69) is 15.2 Å². The van der Waals surface area contributed by atoms with Crippen LogP contribution in [0.1, 0.15) is 6.42 Å². The quantitative estimate of drug-likeness (QED) is 0.800. The van der Waals surface area contributed by atoms with Crippen LogP contribution in [0, 0.1) is 5.92 Å². The van der Waals surface area contributed by atoms with Gasteiger partial charge >= 0.3 is 0 Å². The van der Waals surface area contributed by atoms with Gasteiger partial charge < -0.3 is 10.4 Å². The number of hydrogen-bond donors (Lipinski definition) is 2. The highest BCUT2D eigenvalue weighted by Crippen LogP contribution is 2.15. The molecule has 1 aromatic heterocycles. The molecule has 1 fully saturated rings. The summed E-state index contributed by atoms with van der Waals surface area (Å²) in [4.78, 5) is 17.7. The third-order valence-corrected chi connectivity index (χ3v) is 3.36. The fourth-order valence-electron chi connectivity index (χ4n) is 1.85. The number of amides is 1. The molecule has 88 valence electrons. The van der Waals surface area contributed by atoms with Crippen molar-refractivity contribution in [1.29, 1.82) is 0 Å². The van der Waals surface area contributed by atoms with E-state index in [4.69, 9.17) is 5.11 Å². The van der Waals surface area contributed by atoms with E-state index in [9.17, 15) is 4.79 Å². The van der Waals surface area contributed by atoms with Crippen LogP contribution in [0.3, 0.4) is 0 Å². The summed E-state index contributed by atoms with van der Waals surface area (Å²) in [6, 6.07) is 0. The molecule has 0 bridgehead atoms. The van der Waals surface area contributed by atoms with Gasteiger partial charge in [-0.1, -0.05) is 0 Å². The minimum absolute atomic E-state index is 0.0338. The van der Waals surface area contributed by atoms with Gasteiger partial charge in [0.15, 0.2) is 5.13 Å². The highest BCUT2D eigenvalue weighted by atomic mass is 32.1. The first kappa shape index (κ1) is 11.5. The summed E-state index contributed by atoms with van der Waals surface area (Å²) < 4.78 is 0. The molecule has 1 aromatic rings. The van der Waals surface area contributed by atoms with Gasteiger partial charge in [-0.05, 0) is 18.9 Å². The number of nitrogens with one attached hydrogen (secondary N) is 1. The van der Waals surface area contributed by atoms with Crippen molar-refractivity contribution in [2.24, 2.45) is 5.92 Å². The average molecular weight is 241 g/mol. The molecule has 5 nitrogen and oxygen atoms in total. The van der Waals surface area contributed by atoms with E-state index < -0.39 is 0 Å². The molecule has 0 saturated carbocycles. The van der Waals surface area contributed by atoms with E-state index in [0.717, 1.165) is 19.5 Å². The second kappa shape index (κ2) is 5.38. The minimum Gasteiger partial charge on any atom is -0.396 e. The Balaban J connectivity index is 1.76. The molecule has 0 unspecified atom stereocenters. The molecule has 1 atom stereocenters. The number of nitrogens with zero attached hydrogens (tertiary/aromatic N) is 2. The van der Waals surface area contributed by atoms with Crippen molar-refractivity contribution in [3.63, 3.8) is 0 Å². The smallest absolute Gasteiger partial charge is 0.240 e. The van der Waals surface area contributed by atoms with Gasteiger partial charge in [0.1, 0.15) is 0 Å². The SMILES string of the molecule is O=C(CN1CC[C@@H](CO)C1)Nc1nccs1. The zero-order chi connectivity index (χ0) is 11.4. The molecule has 1 saturated heterocycles. The summed E-state index contributed by atoms with van der Waals surface area (Å²) in [5.41, 5.74) is 0. The molecular formula is C10H15N3O2S. The van der Waals surface area contributed by atoms with E-state index in [-0.39, 0.29) is 12.5 Å². The third kappa shape index (κ3) is 3.01. The number of aliphatic hydroxyl groups is 1. The highest BCUT2D eigenvalue weighted by molar-refractivity contribution is 7.13. The maximum Gasteiger partial charge on any atom is 0.240 e. The zero-order valence-electron chi connectivity index (χ0n) is 8.93. The lowest BCUT2D eigenvalue weighted by molar-refractivity contribution is -0.117. The number of anilines is 1. The number of carbonyl (C=O) groups excluding carboxylic acids is 1. The molecule has 1 aliphatic heterocycles. The number of aromatic nitrogens is 1. The first-order valence-electron chi connectivity index (χ1n) is 5.30. The van der Waals surface area contributed by atoms with Gasteiger partial charge in [0.2, 0.25) is 5.91 Å². The van der Waals surface area contributed by atoms with Gasteiger partial charge in [-0.3, -0.25) is 9.69 Å². The van der Waals surface area contributed by atoms with Crippen molar-refractivity contribution in [3.05, 3.63) is 11.6 Å². The summed E-state index contributed by atoms with van der Waals surface area (Å²) in [6.45, 7) is 2.29. The molecule has 1 aliphatic rings. The molecule has 0 spiro atoms. The number of rotatable bonds is 4. The van der Waals surface area contributed by atoms with Crippen LogP contribution in [0.4, 0.5) is 5.13 Å². The van der Waals surface area contributed by atoms with Crippen LogP contribution in [-0.4, -0.2) is 47.1 Å². The van der Waals surface area contributed by atoms with E-state index in [1.807, 2.05) is 5.38 Å². The Morgan fingerprint density at radius 1 is 1.75 bits per heavy atom. The summed E-state index contributed by atoms with van der Waals surface area (Å²) in [5, 5.41) is 14.2. The summed E-state index contributed by atoms with van der Waals surface area (Å²) in [6.07, 6.45) is 2.64. The molecule has 1 amide bonds. The molecule has 2 rings (SSSR count). The van der Waals surface area contributed by atoms with E-state index >= 15 is 0 Å². The molecule has 0 aromatic carbocycles. The van der Waals surface area contributed by atoms with Gasteiger partial charge in [0.25, 0.3) is 0 Å². The highest BCUT2D eigenvalue weighted by Gasteiger charge is 2.23. The monoisotopic (exact) mass is 241 g/mol. The molecule has 6 heteroatoms. The Morgan fingerprint density at radius 3 is 3.25 bits per heavy atom. The summed E-state index contributed by atoms with van der Waals surface area (Å²) >= 11 is 1.41. The normalized spacial score (nSPS) is 21.2. The maximum absolute atomic E-state index is 11.6. The van der Waals surface area contributed by atoms with E-state index in [1.165, 1.54) is 11.3 Å². The van der Waals surface area contributed by atoms with Crippen LogP contribution >= 0.6 is 11.3 Å². The number of carbonyl (C=O) groups is 1. The molecule has 2 N–H and O–H groups in total. The number of thiazole rings is 1. The maximum atomic E-state index is 11.6. The Kier molecular flexibility index (Phi) is 3.87. The Bertz CT molecular complexity index is 342. The van der Waals surface area contributed by atoms with Gasteiger partial charge in [0, 0.05) is 24.7 Å². The minimum atomic E-state index is -0.0338. The van der Waals surface area contributed by atoms with Gasteiger partial charge in [-0.25, -0.2) is 4.98 Å². The molecule has 0 radical (unpaired) electrons. The first-order chi connectivity index (χ1) is 7.78. The van der Waals surface area contributed by atoms with Crippen molar-refractivity contribution in [2.45, 2.75) is 6.42 Å². The molecule has 2 heterocycles. The average Bonchev–Trinajstić information content (AvgIpc) is 2.89. The summed E-state index contributed by atoms with van der Waals surface area (Å²) in [7, 11) is 0. The lowest BCUT2D eigenvalue weighted by Crippen LogP contribution is -2.31. The van der Waals surface area contributed by atoms with E-state index in [1.54, 1.807) is 6.20 Å². The fraction of sp³-hybridized carbons (Fsp3) is 0.600. The largest absolute Gasteiger partial charge is 0.396 e. The first-order valence-corrected chi connectivity index (χ1v) is 6.18. The molecular weight excluding hydrogens is 226 g/mol. The standard InChI is InChI=1S/C10H15N3O2S/c14-7-8-1-3-13(5-8)6-9(15)12-10-11-2-4-16-10/h2,4,8,14H,1,3,5-7H2,(H,11,12,15)/t8-/m1/s1. The van der Waals surface area contributed by atoms with Crippen LogP contribution < -0.4 is 5.32 Å². The van der Waals surface area contributed by atoms with E-state index in [0.29, 0.717) is 17.6 Å². The van der Waals surface area contributed by atoms with Crippen LogP contribution in [0.25, 0.3) is 0 Å². The predicted molar refractivity (Wildman–Crippen MR) is 62.4 cm³/mol. The molecule has 16 heavy (non-hydrogen) atoms. The zero-order valence-corrected chi connectivity index (χ0v) is 9.74. The Hall–Kier alpha value is -0.980. The van der Waals surface area contributed by atoms with Crippen molar-refractivity contribution in [1.82, 2.24) is 9.88 Å². The second-order valence-corrected chi connectivity index (χ2v) is 4.85. The van der Waals surface area contributed by atoms with Crippen molar-refractivity contribution in [3.8, 4) is 0 Å². The predicted octanol–water partition coefficient (Wildman–Crippen LogP) is 0.396. The number of aliphatic hydroxyl groups excluding tert-OH is 1. The second-order valence-electron chi connectivity index (χ2n) is 3.96. The summed E-state index contributed by atoms with van der Waals surface area (Å²) in [5.74, 6) is 0.293. The van der Waals surface area contributed by atoms with Crippen molar-refractivity contribution in [2.75, 3.05) is 31.6 Å². The third-order valence-electron chi connectivity index (χ3n) is 2.67. The molecule has 0 aliphatic carbocycles. The van der Waals surface area contributed by atoms with Crippen LogP contribution in [-0.2, 0) is 4.79 Å².